The molecule has 7 heteroatoms. The minimum Gasteiger partial charge on any atom is -0.375 e. The normalized spacial score (nSPS) is 16.0. The van der Waals surface area contributed by atoms with Crippen LogP contribution in [0.25, 0.3) is 0 Å². The van der Waals surface area contributed by atoms with E-state index in [-0.39, 0.29) is 6.10 Å². The van der Waals surface area contributed by atoms with Crippen LogP contribution in [0.3, 0.4) is 0 Å². The van der Waals surface area contributed by atoms with Gasteiger partial charge in [-0.2, -0.15) is 0 Å². The highest BCUT2D eigenvalue weighted by Crippen LogP contribution is 2.29. The molecule has 0 saturated heterocycles. The second-order valence-electron chi connectivity index (χ2n) is 7.26. The molecule has 0 radical (unpaired) electrons. The third-order valence-corrected chi connectivity index (χ3v) is 6.31. The molecule has 2 aromatic rings. The summed E-state index contributed by atoms with van der Waals surface area (Å²) in [6.07, 6.45) is 1.16. The molecule has 0 aliphatic carbocycles. The first-order valence-corrected chi connectivity index (χ1v) is 10.6. The number of thiazole rings is 1. The average molecular weight is 402 g/mol. The highest BCUT2D eigenvalue weighted by Gasteiger charge is 2.23. The van der Waals surface area contributed by atoms with Crippen LogP contribution in [0, 0.1) is 0 Å². The van der Waals surface area contributed by atoms with Crippen molar-refractivity contribution in [3.63, 3.8) is 0 Å². The van der Waals surface area contributed by atoms with E-state index in [1.165, 1.54) is 11.3 Å². The monoisotopic (exact) mass is 401 g/mol. The third-order valence-electron chi connectivity index (χ3n) is 5.25. The second kappa shape index (κ2) is 9.39. The summed E-state index contributed by atoms with van der Waals surface area (Å²) in [6.45, 7) is 6.92. The molecule has 0 bridgehead atoms. The zero-order valence-corrected chi connectivity index (χ0v) is 18.3. The Kier molecular flexibility index (Phi) is 6.91. The number of guanidine groups is 1. The Labute approximate surface area is 172 Å². The van der Waals surface area contributed by atoms with Gasteiger partial charge in [0.25, 0.3) is 0 Å². The molecule has 152 valence electrons. The van der Waals surface area contributed by atoms with E-state index in [0.29, 0.717) is 12.6 Å². The molecule has 1 aliphatic heterocycles. The Hall–Kier alpha value is -2.12. The Bertz CT molecular complexity index is 806. The quantitative estimate of drug-likeness (QED) is 0.570. The van der Waals surface area contributed by atoms with E-state index in [0.717, 1.165) is 36.2 Å². The van der Waals surface area contributed by atoms with Gasteiger partial charge < -0.3 is 19.9 Å². The van der Waals surface area contributed by atoms with Crippen molar-refractivity contribution >= 4 is 23.0 Å². The Morgan fingerprint density at radius 1 is 1.39 bits per heavy atom. The molecule has 1 N–H and O–H groups in total. The van der Waals surface area contributed by atoms with E-state index < -0.39 is 0 Å². The molecule has 0 spiro atoms. The second-order valence-corrected chi connectivity index (χ2v) is 8.15. The molecule has 1 aliphatic rings. The van der Waals surface area contributed by atoms with E-state index >= 15 is 0 Å². The van der Waals surface area contributed by atoms with Gasteiger partial charge in [-0.3, -0.25) is 4.99 Å². The fourth-order valence-electron chi connectivity index (χ4n) is 3.56. The van der Waals surface area contributed by atoms with Crippen LogP contribution in [0.15, 0.2) is 34.6 Å². The fraction of sp³-hybridized carbons (Fsp3) is 0.524. The molecular formula is C21H31N5OS. The Morgan fingerprint density at radius 2 is 2.18 bits per heavy atom. The summed E-state index contributed by atoms with van der Waals surface area (Å²) in [6, 6.07) is 9.09. The zero-order valence-electron chi connectivity index (χ0n) is 17.5. The molecule has 0 amide bonds. The molecule has 1 aromatic carbocycles. The first kappa shape index (κ1) is 20.6. The van der Waals surface area contributed by atoms with Gasteiger partial charge in [-0.15, -0.1) is 11.3 Å². The third kappa shape index (κ3) is 4.64. The Morgan fingerprint density at radius 3 is 2.93 bits per heavy atom. The van der Waals surface area contributed by atoms with Crippen molar-refractivity contribution in [3.05, 3.63) is 45.9 Å². The zero-order chi connectivity index (χ0) is 20.1. The van der Waals surface area contributed by atoms with Gasteiger partial charge >= 0.3 is 0 Å². The lowest BCUT2D eigenvalue weighted by Crippen LogP contribution is -2.46. The van der Waals surface area contributed by atoms with Gasteiger partial charge in [-0.1, -0.05) is 18.2 Å². The van der Waals surface area contributed by atoms with Gasteiger partial charge in [0.15, 0.2) is 5.96 Å². The van der Waals surface area contributed by atoms with Crippen molar-refractivity contribution in [3.8, 4) is 0 Å². The van der Waals surface area contributed by atoms with E-state index in [1.807, 2.05) is 21.0 Å². The number of nitrogens with zero attached hydrogens (tertiary/aromatic N) is 4. The topological polar surface area (TPSA) is 53.0 Å². The molecule has 3 rings (SSSR count). The van der Waals surface area contributed by atoms with Crippen molar-refractivity contribution < 1.29 is 4.74 Å². The lowest BCUT2D eigenvalue weighted by molar-refractivity contribution is 0.119. The standard InChI is InChI=1S/C21H31N5OS/c1-15(26-11-10-17-8-6-7-9-19(17)26)12-23-21(22-3)25(4)13-18-14-28-20(24-18)16(2)27-5/h6-9,14-16H,10-13H2,1-5H3,(H,22,23). The van der Waals surface area contributed by atoms with Gasteiger partial charge in [0.2, 0.25) is 0 Å². The van der Waals surface area contributed by atoms with E-state index in [4.69, 9.17) is 4.74 Å². The molecule has 0 fully saturated rings. The van der Waals surface area contributed by atoms with Gasteiger partial charge in [-0.05, 0) is 31.9 Å². The predicted molar refractivity (Wildman–Crippen MR) is 117 cm³/mol. The van der Waals surface area contributed by atoms with Crippen molar-refractivity contribution in [2.24, 2.45) is 4.99 Å². The predicted octanol–water partition coefficient (Wildman–Crippen LogP) is 3.31. The minimum atomic E-state index is 0.0330. The number of rotatable bonds is 7. The minimum absolute atomic E-state index is 0.0330. The van der Waals surface area contributed by atoms with Crippen LogP contribution in [-0.4, -0.2) is 56.2 Å². The van der Waals surface area contributed by atoms with Gasteiger partial charge in [0.05, 0.1) is 12.2 Å². The summed E-state index contributed by atoms with van der Waals surface area (Å²) in [5.41, 5.74) is 3.85. The maximum atomic E-state index is 5.36. The number of para-hydroxylation sites is 1. The van der Waals surface area contributed by atoms with Gasteiger partial charge in [-0.25, -0.2) is 4.98 Å². The SMILES string of the molecule is CN=C(NCC(C)N1CCc2ccccc21)N(C)Cc1csc(C(C)OC)n1. The van der Waals surface area contributed by atoms with E-state index in [1.54, 1.807) is 18.4 Å². The number of methoxy groups -OCH3 is 1. The van der Waals surface area contributed by atoms with Crippen molar-refractivity contribution in [2.75, 3.05) is 39.2 Å². The number of fused-ring (bicyclic) bond motifs is 1. The molecule has 2 atom stereocenters. The van der Waals surface area contributed by atoms with Crippen LogP contribution in [-0.2, 0) is 17.7 Å². The van der Waals surface area contributed by atoms with Crippen LogP contribution in [0.5, 0.6) is 0 Å². The summed E-state index contributed by atoms with van der Waals surface area (Å²) < 4.78 is 5.36. The van der Waals surface area contributed by atoms with Crippen LogP contribution in [0.4, 0.5) is 5.69 Å². The average Bonchev–Trinajstić information content (AvgIpc) is 3.34. The molecule has 0 saturated carbocycles. The van der Waals surface area contributed by atoms with Crippen LogP contribution in [0.2, 0.25) is 0 Å². The van der Waals surface area contributed by atoms with Crippen LogP contribution < -0.4 is 10.2 Å². The summed E-state index contributed by atoms with van der Waals surface area (Å²) >= 11 is 1.64. The summed E-state index contributed by atoms with van der Waals surface area (Å²) in [7, 11) is 5.58. The van der Waals surface area contributed by atoms with Crippen LogP contribution >= 0.6 is 11.3 Å². The van der Waals surface area contributed by atoms with Gasteiger partial charge in [0, 0.05) is 51.4 Å². The number of ether oxygens (including phenoxy) is 1. The molecule has 2 unspecified atom stereocenters. The summed E-state index contributed by atoms with van der Waals surface area (Å²) in [4.78, 5) is 13.7. The maximum Gasteiger partial charge on any atom is 0.193 e. The number of hydrogen-bond donors (Lipinski definition) is 1. The molecule has 1 aromatic heterocycles. The Balaban J connectivity index is 1.55. The summed E-state index contributed by atoms with van der Waals surface area (Å²) in [5, 5.41) is 6.63. The summed E-state index contributed by atoms with van der Waals surface area (Å²) in [5.74, 6) is 0.883. The van der Waals surface area contributed by atoms with Crippen molar-refractivity contribution in [1.29, 1.82) is 0 Å². The number of benzene rings is 1. The van der Waals surface area contributed by atoms with E-state index in [9.17, 15) is 0 Å². The highest BCUT2D eigenvalue weighted by atomic mass is 32.1. The maximum absolute atomic E-state index is 5.36. The first-order chi connectivity index (χ1) is 13.5. The van der Waals surface area contributed by atoms with Gasteiger partial charge in [0.1, 0.15) is 11.1 Å². The van der Waals surface area contributed by atoms with Crippen molar-refractivity contribution in [2.45, 2.75) is 39.0 Å². The molecule has 28 heavy (non-hydrogen) atoms. The van der Waals surface area contributed by atoms with Crippen molar-refractivity contribution in [1.82, 2.24) is 15.2 Å². The lowest BCUT2D eigenvalue weighted by Gasteiger charge is -2.29. The molecular weight excluding hydrogens is 370 g/mol. The number of nitrogens with one attached hydrogen (secondary N) is 1. The lowest BCUT2D eigenvalue weighted by atomic mass is 10.2. The number of hydrogen-bond acceptors (Lipinski definition) is 5. The first-order valence-electron chi connectivity index (χ1n) is 9.77. The van der Waals surface area contributed by atoms with E-state index in [2.05, 4.69) is 61.7 Å². The number of aromatic nitrogens is 1. The fourth-order valence-corrected chi connectivity index (χ4v) is 4.40. The number of aliphatic imine (C=N–C) groups is 1. The van der Waals surface area contributed by atoms with Crippen LogP contribution in [0.1, 0.15) is 36.2 Å². The largest absolute Gasteiger partial charge is 0.375 e. The molecule has 2 heterocycles. The molecule has 6 nitrogen and oxygen atoms in total. The smallest absolute Gasteiger partial charge is 0.193 e. The highest BCUT2D eigenvalue weighted by molar-refractivity contribution is 7.09. The number of anilines is 1.